The van der Waals surface area contributed by atoms with E-state index in [0.717, 1.165) is 5.56 Å². The number of fused-ring (bicyclic) bond motifs is 1. The fourth-order valence-electron chi connectivity index (χ4n) is 2.52. The third-order valence-electron chi connectivity index (χ3n) is 3.64. The molecule has 0 bridgehead atoms. The molecule has 0 atom stereocenters. The van der Waals surface area contributed by atoms with Gasteiger partial charge in [-0.2, -0.15) is 0 Å². The second-order valence-corrected chi connectivity index (χ2v) is 5.66. The number of amides is 2. The Kier molecular flexibility index (Phi) is 4.35. The van der Waals surface area contributed by atoms with Gasteiger partial charge in [-0.05, 0) is 36.8 Å². The van der Waals surface area contributed by atoms with Crippen molar-refractivity contribution in [2.75, 3.05) is 10.6 Å². The van der Waals surface area contributed by atoms with E-state index in [1.54, 1.807) is 30.3 Å². The van der Waals surface area contributed by atoms with Gasteiger partial charge in [0, 0.05) is 23.7 Å². The van der Waals surface area contributed by atoms with Crippen molar-refractivity contribution in [3.8, 4) is 0 Å². The zero-order valence-corrected chi connectivity index (χ0v) is 13.8. The fourth-order valence-corrected chi connectivity index (χ4v) is 2.52. The van der Waals surface area contributed by atoms with Crippen molar-refractivity contribution in [1.29, 1.82) is 0 Å². The third-order valence-corrected chi connectivity index (χ3v) is 3.64. The third kappa shape index (κ3) is 3.58. The number of nitrogens with one attached hydrogen (secondary N) is 2. The van der Waals surface area contributed by atoms with Gasteiger partial charge in [0.05, 0.1) is 0 Å². The molecule has 2 amide bonds. The minimum absolute atomic E-state index is 0.0805. The highest BCUT2D eigenvalue weighted by Gasteiger charge is 2.15. The Morgan fingerprint density at radius 2 is 1.64 bits per heavy atom. The Morgan fingerprint density at radius 1 is 0.960 bits per heavy atom. The normalized spacial score (nSPS) is 10.5. The molecule has 6 heteroatoms. The van der Waals surface area contributed by atoms with Crippen molar-refractivity contribution in [2.24, 2.45) is 0 Å². The van der Waals surface area contributed by atoms with Crippen molar-refractivity contribution in [1.82, 2.24) is 0 Å². The van der Waals surface area contributed by atoms with Gasteiger partial charge in [0.15, 0.2) is 0 Å². The highest BCUT2D eigenvalue weighted by Crippen LogP contribution is 2.19. The van der Waals surface area contributed by atoms with Crippen LogP contribution in [0.2, 0.25) is 0 Å². The molecule has 3 rings (SSSR count). The molecular weight excluding hydrogens is 320 g/mol. The highest BCUT2D eigenvalue weighted by molar-refractivity contribution is 6.05. The number of benzene rings is 2. The SMILES string of the molecule is CC(=O)Nc1cccc(NC(=O)c2cc3cccc(C)c3oc2=O)c1. The van der Waals surface area contributed by atoms with Gasteiger partial charge in [0.1, 0.15) is 11.1 Å². The van der Waals surface area contributed by atoms with E-state index in [1.807, 2.05) is 19.1 Å². The molecule has 0 aliphatic heterocycles. The maximum absolute atomic E-state index is 12.4. The lowest BCUT2D eigenvalue weighted by Gasteiger charge is -2.08. The Balaban J connectivity index is 1.91. The van der Waals surface area contributed by atoms with Crippen LogP contribution in [0.3, 0.4) is 0 Å². The van der Waals surface area contributed by atoms with Crippen LogP contribution in [0.1, 0.15) is 22.8 Å². The second-order valence-electron chi connectivity index (χ2n) is 5.66. The zero-order valence-electron chi connectivity index (χ0n) is 13.8. The molecule has 6 nitrogen and oxygen atoms in total. The lowest BCUT2D eigenvalue weighted by Crippen LogP contribution is -2.20. The molecule has 2 aromatic carbocycles. The summed E-state index contributed by atoms with van der Waals surface area (Å²) in [6, 6.07) is 13.6. The average molecular weight is 336 g/mol. The molecule has 25 heavy (non-hydrogen) atoms. The maximum atomic E-state index is 12.4. The van der Waals surface area contributed by atoms with E-state index < -0.39 is 11.5 Å². The van der Waals surface area contributed by atoms with Crippen molar-refractivity contribution in [2.45, 2.75) is 13.8 Å². The van der Waals surface area contributed by atoms with Gasteiger partial charge in [-0.25, -0.2) is 4.79 Å². The number of carbonyl (C=O) groups excluding carboxylic acids is 2. The smallest absolute Gasteiger partial charge is 0.349 e. The monoisotopic (exact) mass is 336 g/mol. The van der Waals surface area contributed by atoms with Crippen LogP contribution in [-0.2, 0) is 4.79 Å². The fraction of sp³-hybridized carbons (Fsp3) is 0.105. The number of rotatable bonds is 3. The lowest BCUT2D eigenvalue weighted by molar-refractivity contribution is -0.114. The molecule has 0 aliphatic rings. The summed E-state index contributed by atoms with van der Waals surface area (Å²) in [6.45, 7) is 3.23. The predicted molar refractivity (Wildman–Crippen MR) is 95.9 cm³/mol. The molecule has 0 fully saturated rings. The van der Waals surface area contributed by atoms with Crippen LogP contribution in [0.5, 0.6) is 0 Å². The van der Waals surface area contributed by atoms with Crippen LogP contribution < -0.4 is 16.3 Å². The molecule has 0 unspecified atom stereocenters. The summed E-state index contributed by atoms with van der Waals surface area (Å²) in [5.74, 6) is -0.786. The molecular formula is C19H16N2O4. The summed E-state index contributed by atoms with van der Waals surface area (Å²) in [4.78, 5) is 35.7. The van der Waals surface area contributed by atoms with Gasteiger partial charge in [-0.3, -0.25) is 9.59 Å². The number of hydrogen-bond acceptors (Lipinski definition) is 4. The highest BCUT2D eigenvalue weighted by atomic mass is 16.4. The second kappa shape index (κ2) is 6.60. The van der Waals surface area contributed by atoms with Crippen LogP contribution in [-0.4, -0.2) is 11.8 Å². The predicted octanol–water partition coefficient (Wildman–Crippen LogP) is 3.31. The van der Waals surface area contributed by atoms with Gasteiger partial charge in [-0.1, -0.05) is 24.3 Å². The molecule has 2 N–H and O–H groups in total. The maximum Gasteiger partial charge on any atom is 0.349 e. The van der Waals surface area contributed by atoms with Crippen LogP contribution in [0.25, 0.3) is 11.0 Å². The molecule has 126 valence electrons. The van der Waals surface area contributed by atoms with E-state index in [4.69, 9.17) is 4.42 Å². The summed E-state index contributed by atoms with van der Waals surface area (Å²) in [5.41, 5.74) is 1.52. The van der Waals surface area contributed by atoms with Gasteiger partial charge < -0.3 is 15.1 Å². The number of para-hydroxylation sites is 1. The van der Waals surface area contributed by atoms with Gasteiger partial charge >= 0.3 is 5.63 Å². The van der Waals surface area contributed by atoms with Gasteiger partial charge in [0.2, 0.25) is 5.91 Å². The number of hydrogen-bond donors (Lipinski definition) is 2. The van der Waals surface area contributed by atoms with E-state index in [1.165, 1.54) is 13.0 Å². The summed E-state index contributed by atoms with van der Waals surface area (Å²) in [6.07, 6.45) is 0. The summed E-state index contributed by atoms with van der Waals surface area (Å²) in [5, 5.41) is 5.95. The lowest BCUT2D eigenvalue weighted by atomic mass is 10.1. The first-order valence-electron chi connectivity index (χ1n) is 7.66. The van der Waals surface area contributed by atoms with Crippen molar-refractivity contribution >= 4 is 34.2 Å². The molecule has 1 heterocycles. The Bertz CT molecular complexity index is 1040. The summed E-state index contributed by atoms with van der Waals surface area (Å²) < 4.78 is 5.29. The van der Waals surface area contributed by atoms with Crippen molar-refractivity contribution in [3.05, 3.63) is 70.1 Å². The van der Waals surface area contributed by atoms with Crippen molar-refractivity contribution < 1.29 is 14.0 Å². The van der Waals surface area contributed by atoms with E-state index >= 15 is 0 Å². The van der Waals surface area contributed by atoms with Crippen LogP contribution >= 0.6 is 0 Å². The standard InChI is InChI=1S/C19H16N2O4/c1-11-5-3-6-13-9-16(19(24)25-17(11)13)18(23)21-15-8-4-7-14(10-15)20-12(2)22/h3-10H,1-2H3,(H,20,22)(H,21,23). The Labute approximate surface area is 143 Å². The van der Waals surface area contributed by atoms with Crippen molar-refractivity contribution in [3.63, 3.8) is 0 Å². The molecule has 0 radical (unpaired) electrons. The summed E-state index contributed by atoms with van der Waals surface area (Å²) >= 11 is 0. The molecule has 0 spiro atoms. The molecule has 0 saturated heterocycles. The zero-order chi connectivity index (χ0) is 18.0. The first-order chi connectivity index (χ1) is 11.9. The van der Waals surface area contributed by atoms with Crippen LogP contribution in [0.4, 0.5) is 11.4 Å². The largest absolute Gasteiger partial charge is 0.422 e. The van der Waals surface area contributed by atoms with E-state index in [0.29, 0.717) is 22.3 Å². The Morgan fingerprint density at radius 3 is 2.36 bits per heavy atom. The van der Waals surface area contributed by atoms with E-state index in [-0.39, 0.29) is 11.5 Å². The topological polar surface area (TPSA) is 88.4 Å². The average Bonchev–Trinajstić information content (AvgIpc) is 2.55. The molecule has 1 aromatic heterocycles. The summed E-state index contributed by atoms with van der Waals surface area (Å²) in [7, 11) is 0. The minimum atomic E-state index is -0.697. The first-order valence-corrected chi connectivity index (χ1v) is 7.66. The Hall–Kier alpha value is -3.41. The number of carbonyl (C=O) groups is 2. The molecule has 0 saturated carbocycles. The molecule has 0 aliphatic carbocycles. The van der Waals surface area contributed by atoms with Gasteiger partial charge in [0.25, 0.3) is 5.91 Å². The number of anilines is 2. The van der Waals surface area contributed by atoms with Gasteiger partial charge in [-0.15, -0.1) is 0 Å². The number of aryl methyl sites for hydroxylation is 1. The van der Waals surface area contributed by atoms with Crippen LogP contribution in [0, 0.1) is 6.92 Å². The molecule has 3 aromatic rings. The minimum Gasteiger partial charge on any atom is -0.422 e. The van der Waals surface area contributed by atoms with Crippen LogP contribution in [0.15, 0.2) is 57.7 Å². The van der Waals surface area contributed by atoms with E-state index in [2.05, 4.69) is 10.6 Å². The quantitative estimate of drug-likeness (QED) is 0.718. The first kappa shape index (κ1) is 16.4. The van der Waals surface area contributed by atoms with E-state index in [9.17, 15) is 14.4 Å².